The molecule has 0 aliphatic heterocycles. The first-order chi connectivity index (χ1) is 11.8. The van der Waals surface area contributed by atoms with E-state index in [1.165, 1.54) is 12.1 Å². The summed E-state index contributed by atoms with van der Waals surface area (Å²) in [5, 5.41) is -1.93. The first kappa shape index (κ1) is 23.1. The fourth-order valence-corrected chi connectivity index (χ4v) is 7.39. The Hall–Kier alpha value is -0.970. The Bertz CT molecular complexity index is 899. The lowest BCUT2D eigenvalue weighted by atomic mass is 10.1. The van der Waals surface area contributed by atoms with E-state index < -0.39 is 50.9 Å². The quantitative estimate of drug-likeness (QED) is 0.525. The van der Waals surface area contributed by atoms with E-state index in [0.29, 0.717) is 12.0 Å². The monoisotopic (exact) mass is 425 g/mol. The highest BCUT2D eigenvalue weighted by atomic mass is 32.2. The molecule has 1 aromatic carbocycles. The normalized spacial score (nSPS) is 15.5. The standard InChI is InChI=1S/C16H26O7S3/c1-4-6-7-15(24(3,17)18)12-25(19,20)16(5-2)13-8-10-14(11-9-13)26(21,22)23/h8-11,15-16H,4-7,12H2,1-3H3,(H,21,22,23)/p-1. The molecule has 0 spiro atoms. The summed E-state index contributed by atoms with van der Waals surface area (Å²) in [6.45, 7) is 3.55. The molecule has 10 heteroatoms. The number of sulfone groups is 2. The smallest absolute Gasteiger partial charge is 0.158 e. The van der Waals surface area contributed by atoms with Crippen molar-refractivity contribution in [2.75, 3.05) is 12.0 Å². The molecule has 0 saturated carbocycles. The van der Waals surface area contributed by atoms with Crippen LogP contribution in [0.25, 0.3) is 0 Å². The van der Waals surface area contributed by atoms with Crippen LogP contribution in [-0.4, -0.2) is 47.1 Å². The van der Waals surface area contributed by atoms with Crippen LogP contribution in [0.15, 0.2) is 29.2 Å². The number of hydrogen-bond donors (Lipinski definition) is 0. The molecule has 0 amide bonds. The average molecular weight is 426 g/mol. The fourth-order valence-electron chi connectivity index (χ4n) is 2.77. The van der Waals surface area contributed by atoms with Crippen LogP contribution >= 0.6 is 0 Å². The molecular weight excluding hydrogens is 400 g/mol. The molecule has 0 aliphatic rings. The molecule has 0 heterocycles. The molecule has 150 valence electrons. The highest BCUT2D eigenvalue weighted by molar-refractivity contribution is 7.95. The molecule has 26 heavy (non-hydrogen) atoms. The van der Waals surface area contributed by atoms with Gasteiger partial charge in [0.25, 0.3) is 0 Å². The van der Waals surface area contributed by atoms with Crippen LogP contribution in [0.5, 0.6) is 0 Å². The second-order valence-corrected chi connectivity index (χ2v) is 12.3. The third-order valence-corrected chi connectivity index (χ3v) is 9.26. The van der Waals surface area contributed by atoms with Gasteiger partial charge >= 0.3 is 0 Å². The second kappa shape index (κ2) is 8.81. The summed E-state index contributed by atoms with van der Waals surface area (Å²) in [5.41, 5.74) is 0.336. The SMILES string of the molecule is CCCCC(CS(=O)(=O)C(CC)c1ccc(S(=O)(=O)[O-])cc1)S(C)(=O)=O. The predicted molar refractivity (Wildman–Crippen MR) is 99.4 cm³/mol. The van der Waals surface area contributed by atoms with Gasteiger partial charge in [-0.15, -0.1) is 0 Å². The molecule has 0 N–H and O–H groups in total. The Morgan fingerprint density at radius 2 is 1.50 bits per heavy atom. The lowest BCUT2D eigenvalue weighted by Crippen LogP contribution is -2.31. The minimum Gasteiger partial charge on any atom is -0.744 e. The summed E-state index contributed by atoms with van der Waals surface area (Å²) in [4.78, 5) is -0.439. The van der Waals surface area contributed by atoms with Crippen LogP contribution in [-0.2, 0) is 29.8 Å². The van der Waals surface area contributed by atoms with Crippen molar-refractivity contribution >= 4 is 29.8 Å². The zero-order valence-electron chi connectivity index (χ0n) is 15.1. The summed E-state index contributed by atoms with van der Waals surface area (Å²) in [6, 6.07) is 4.72. The largest absolute Gasteiger partial charge is 0.744 e. The molecule has 0 radical (unpaired) electrons. The van der Waals surface area contributed by atoms with Gasteiger partial charge in [0.05, 0.1) is 21.1 Å². The minimum absolute atomic E-state index is 0.204. The number of unbranched alkanes of at least 4 members (excludes halogenated alkanes) is 1. The highest BCUT2D eigenvalue weighted by Gasteiger charge is 2.32. The van der Waals surface area contributed by atoms with E-state index in [-0.39, 0.29) is 12.8 Å². The van der Waals surface area contributed by atoms with E-state index in [1.54, 1.807) is 6.92 Å². The zero-order valence-corrected chi connectivity index (χ0v) is 17.5. The lowest BCUT2D eigenvalue weighted by Gasteiger charge is -2.21. The van der Waals surface area contributed by atoms with Crippen LogP contribution < -0.4 is 0 Å². The summed E-state index contributed by atoms with van der Waals surface area (Å²) in [7, 11) is -11.9. The maximum atomic E-state index is 12.8. The van der Waals surface area contributed by atoms with Crippen molar-refractivity contribution < 1.29 is 29.8 Å². The van der Waals surface area contributed by atoms with Crippen LogP contribution in [0.1, 0.15) is 50.3 Å². The van der Waals surface area contributed by atoms with Gasteiger partial charge in [-0.25, -0.2) is 25.3 Å². The minimum atomic E-state index is -4.61. The summed E-state index contributed by atoms with van der Waals surface area (Å²) in [5.74, 6) is -0.480. The molecule has 1 rings (SSSR count). The van der Waals surface area contributed by atoms with Gasteiger partial charge in [-0.3, -0.25) is 0 Å². The maximum Gasteiger partial charge on any atom is 0.158 e. The van der Waals surface area contributed by atoms with Gasteiger partial charge in [-0.05, 0) is 30.5 Å². The number of benzene rings is 1. The van der Waals surface area contributed by atoms with Crippen molar-refractivity contribution in [1.29, 1.82) is 0 Å². The Kier molecular flexibility index (Phi) is 7.82. The third-order valence-electron chi connectivity index (χ3n) is 4.25. The number of rotatable bonds is 10. The van der Waals surface area contributed by atoms with Crippen molar-refractivity contribution in [3.63, 3.8) is 0 Å². The Morgan fingerprint density at radius 1 is 0.962 bits per heavy atom. The van der Waals surface area contributed by atoms with E-state index in [0.717, 1.165) is 24.8 Å². The average Bonchev–Trinajstić information content (AvgIpc) is 2.50. The van der Waals surface area contributed by atoms with E-state index >= 15 is 0 Å². The van der Waals surface area contributed by atoms with Gasteiger partial charge in [0, 0.05) is 6.26 Å². The molecule has 0 aromatic heterocycles. The fraction of sp³-hybridized carbons (Fsp3) is 0.625. The van der Waals surface area contributed by atoms with Gasteiger partial charge in [0.2, 0.25) is 0 Å². The molecule has 0 bridgehead atoms. The second-order valence-electron chi connectivity index (χ2n) is 6.34. The van der Waals surface area contributed by atoms with Gasteiger partial charge in [0.1, 0.15) is 10.1 Å². The van der Waals surface area contributed by atoms with Crippen molar-refractivity contribution in [3.05, 3.63) is 29.8 Å². The third kappa shape index (κ3) is 6.33. The molecule has 2 unspecified atom stereocenters. The van der Waals surface area contributed by atoms with E-state index in [4.69, 9.17) is 0 Å². The van der Waals surface area contributed by atoms with Crippen LogP contribution in [0.3, 0.4) is 0 Å². The Morgan fingerprint density at radius 3 is 1.88 bits per heavy atom. The summed E-state index contributed by atoms with van der Waals surface area (Å²) in [6.07, 6.45) is 2.89. The Labute approximate surface area is 156 Å². The molecule has 1 aromatic rings. The van der Waals surface area contributed by atoms with Crippen LogP contribution in [0.2, 0.25) is 0 Å². The number of hydrogen-bond acceptors (Lipinski definition) is 7. The Balaban J connectivity index is 3.17. The molecular formula is C16H25O7S3-. The van der Waals surface area contributed by atoms with Crippen molar-refractivity contribution in [2.45, 2.75) is 54.9 Å². The van der Waals surface area contributed by atoms with Crippen LogP contribution in [0.4, 0.5) is 0 Å². The summed E-state index contributed by atoms with van der Waals surface area (Å²) < 4.78 is 82.5. The van der Waals surface area contributed by atoms with Crippen molar-refractivity contribution in [3.8, 4) is 0 Å². The first-order valence-electron chi connectivity index (χ1n) is 8.29. The van der Waals surface area contributed by atoms with Crippen molar-refractivity contribution in [2.24, 2.45) is 0 Å². The van der Waals surface area contributed by atoms with Gasteiger partial charge < -0.3 is 4.55 Å². The topological polar surface area (TPSA) is 125 Å². The van der Waals surface area contributed by atoms with E-state index in [9.17, 15) is 29.8 Å². The van der Waals surface area contributed by atoms with Gasteiger partial charge in [-0.2, -0.15) is 0 Å². The molecule has 0 aliphatic carbocycles. The first-order valence-corrected chi connectivity index (χ1v) is 13.4. The zero-order chi connectivity index (χ0) is 20.2. The van der Waals surface area contributed by atoms with Gasteiger partial charge in [0.15, 0.2) is 19.7 Å². The van der Waals surface area contributed by atoms with Crippen molar-refractivity contribution in [1.82, 2.24) is 0 Å². The highest BCUT2D eigenvalue weighted by Crippen LogP contribution is 2.29. The maximum absolute atomic E-state index is 12.8. The lowest BCUT2D eigenvalue weighted by molar-refractivity contribution is 0.463. The molecule has 0 fully saturated rings. The van der Waals surface area contributed by atoms with Gasteiger partial charge in [-0.1, -0.05) is 38.8 Å². The molecule has 0 saturated heterocycles. The predicted octanol–water partition coefficient (Wildman–Crippen LogP) is 2.06. The van der Waals surface area contributed by atoms with E-state index in [2.05, 4.69) is 0 Å². The van der Waals surface area contributed by atoms with Crippen LogP contribution in [0, 0.1) is 0 Å². The molecule has 7 nitrogen and oxygen atoms in total. The summed E-state index contributed by atoms with van der Waals surface area (Å²) >= 11 is 0. The van der Waals surface area contributed by atoms with E-state index in [1.807, 2.05) is 6.92 Å². The molecule has 2 atom stereocenters.